The predicted octanol–water partition coefficient (Wildman–Crippen LogP) is 5.06. The van der Waals surface area contributed by atoms with Crippen molar-refractivity contribution in [2.45, 2.75) is 29.6 Å². The van der Waals surface area contributed by atoms with Crippen LogP contribution in [0, 0.1) is 0 Å². The van der Waals surface area contributed by atoms with Crippen molar-refractivity contribution in [2.75, 3.05) is 0 Å². The smallest absolute Gasteiger partial charge is 0.206 e. The number of hydrogen-bond acceptors (Lipinski definition) is 2. The van der Waals surface area contributed by atoms with E-state index < -0.39 is 9.84 Å². The Kier molecular flexibility index (Phi) is 4.57. The molecule has 106 valence electrons. The van der Waals surface area contributed by atoms with E-state index in [-0.39, 0.29) is 10.8 Å². The lowest BCUT2D eigenvalue weighted by molar-refractivity contribution is 0.594. The molecule has 0 heterocycles. The van der Waals surface area contributed by atoms with Gasteiger partial charge in [-0.25, -0.2) is 8.42 Å². The zero-order valence-corrected chi connectivity index (χ0v) is 14.3. The maximum atomic E-state index is 12.7. The van der Waals surface area contributed by atoms with Crippen molar-refractivity contribution < 1.29 is 8.42 Å². The molecule has 0 saturated heterocycles. The third-order valence-electron chi connectivity index (χ3n) is 3.01. The summed E-state index contributed by atoms with van der Waals surface area (Å²) < 4.78 is 26.3. The molecule has 2 aromatic rings. The Morgan fingerprint density at radius 3 is 2.20 bits per heavy atom. The van der Waals surface area contributed by atoms with Gasteiger partial charge in [-0.3, -0.25) is 0 Å². The summed E-state index contributed by atoms with van der Waals surface area (Å²) in [4.78, 5) is 0.601. The van der Waals surface area contributed by atoms with Gasteiger partial charge in [-0.15, -0.1) is 0 Å². The van der Waals surface area contributed by atoms with Gasteiger partial charge in [0.15, 0.2) is 0 Å². The van der Waals surface area contributed by atoms with Gasteiger partial charge in [0, 0.05) is 9.50 Å². The van der Waals surface area contributed by atoms with Crippen LogP contribution in [0.3, 0.4) is 0 Å². The topological polar surface area (TPSA) is 34.1 Å². The van der Waals surface area contributed by atoms with Crippen LogP contribution in [0.4, 0.5) is 0 Å². The number of sulfone groups is 1. The molecule has 0 amide bonds. The van der Waals surface area contributed by atoms with E-state index in [2.05, 4.69) is 15.9 Å². The predicted molar refractivity (Wildman–Crippen MR) is 85.1 cm³/mol. The molecule has 0 fully saturated rings. The van der Waals surface area contributed by atoms with Crippen LogP contribution in [0.5, 0.6) is 0 Å². The van der Waals surface area contributed by atoms with E-state index in [1.165, 1.54) is 0 Å². The van der Waals surface area contributed by atoms with Gasteiger partial charge < -0.3 is 0 Å². The average molecular weight is 374 g/mol. The van der Waals surface area contributed by atoms with Crippen molar-refractivity contribution in [2.24, 2.45) is 0 Å². The summed E-state index contributed by atoms with van der Waals surface area (Å²) in [6.45, 7) is 3.90. The van der Waals surface area contributed by atoms with Crippen molar-refractivity contribution in [1.29, 1.82) is 0 Å². The van der Waals surface area contributed by atoms with Gasteiger partial charge in [0.1, 0.15) is 0 Å². The molecule has 2 nitrogen and oxygen atoms in total. The Hall–Kier alpha value is -0.840. The Labute approximate surface area is 132 Å². The summed E-state index contributed by atoms with van der Waals surface area (Å²) in [5.74, 6) is 0.0777. The molecule has 0 bridgehead atoms. The molecule has 2 rings (SSSR count). The summed E-state index contributed by atoms with van der Waals surface area (Å²) >= 11 is 9.28. The van der Waals surface area contributed by atoms with Crippen LogP contribution in [0.2, 0.25) is 5.02 Å². The van der Waals surface area contributed by atoms with E-state index in [0.29, 0.717) is 9.92 Å². The van der Waals surface area contributed by atoms with Gasteiger partial charge >= 0.3 is 0 Å². The minimum absolute atomic E-state index is 0.0777. The Balaban J connectivity index is 2.63. The number of rotatable bonds is 3. The molecule has 2 aromatic carbocycles. The van der Waals surface area contributed by atoms with Crippen LogP contribution in [0.15, 0.2) is 56.7 Å². The van der Waals surface area contributed by atoms with Crippen LogP contribution < -0.4 is 0 Å². The monoisotopic (exact) mass is 372 g/mol. The summed E-state index contributed by atoms with van der Waals surface area (Å²) in [6.07, 6.45) is 0. The Morgan fingerprint density at radius 1 is 1.05 bits per heavy atom. The van der Waals surface area contributed by atoms with Crippen LogP contribution in [0.25, 0.3) is 0 Å². The van der Waals surface area contributed by atoms with Gasteiger partial charge in [0.25, 0.3) is 0 Å². The van der Waals surface area contributed by atoms with Crippen molar-refractivity contribution >= 4 is 37.4 Å². The van der Waals surface area contributed by atoms with Gasteiger partial charge in [0.2, 0.25) is 9.84 Å². The van der Waals surface area contributed by atoms with E-state index in [1.807, 2.05) is 13.8 Å². The van der Waals surface area contributed by atoms with Crippen LogP contribution >= 0.6 is 27.5 Å². The van der Waals surface area contributed by atoms with Crippen LogP contribution in [0.1, 0.15) is 25.3 Å². The van der Waals surface area contributed by atoms with Gasteiger partial charge in [0.05, 0.1) is 9.79 Å². The standard InChI is InChI=1S/C15H14BrClO2S/c1-10(2)14-9-12(17)5-8-15(14)20(18,19)13-6-3-11(16)4-7-13/h3-10H,1-2H3. The molecule has 0 aliphatic rings. The van der Waals surface area contributed by atoms with Gasteiger partial charge in [-0.05, 0) is 53.9 Å². The van der Waals surface area contributed by atoms with Crippen molar-refractivity contribution in [3.8, 4) is 0 Å². The van der Waals surface area contributed by atoms with E-state index in [1.54, 1.807) is 42.5 Å². The minimum atomic E-state index is -3.53. The molecule has 0 radical (unpaired) electrons. The van der Waals surface area contributed by atoms with Crippen molar-refractivity contribution in [3.05, 3.63) is 57.5 Å². The molecule has 0 aliphatic heterocycles. The fourth-order valence-electron chi connectivity index (χ4n) is 1.96. The van der Waals surface area contributed by atoms with Crippen LogP contribution in [-0.2, 0) is 9.84 Å². The molecule has 0 aromatic heterocycles. The highest BCUT2D eigenvalue weighted by Crippen LogP contribution is 2.31. The first-order valence-corrected chi connectivity index (χ1v) is 8.78. The molecule has 0 unspecified atom stereocenters. The maximum Gasteiger partial charge on any atom is 0.206 e. The first kappa shape index (κ1) is 15.5. The second kappa shape index (κ2) is 5.88. The highest BCUT2D eigenvalue weighted by molar-refractivity contribution is 9.10. The molecule has 0 N–H and O–H groups in total. The fraction of sp³-hybridized carbons (Fsp3) is 0.200. The Morgan fingerprint density at radius 2 is 1.65 bits per heavy atom. The van der Waals surface area contributed by atoms with Gasteiger partial charge in [-0.1, -0.05) is 41.4 Å². The molecule has 0 saturated carbocycles. The van der Waals surface area contributed by atoms with E-state index >= 15 is 0 Å². The quantitative estimate of drug-likeness (QED) is 0.753. The number of halogens is 2. The van der Waals surface area contributed by atoms with E-state index in [9.17, 15) is 8.42 Å². The summed E-state index contributed by atoms with van der Waals surface area (Å²) in [5, 5.41) is 0.545. The zero-order chi connectivity index (χ0) is 14.9. The third-order valence-corrected chi connectivity index (χ3v) is 5.61. The summed E-state index contributed by atoms with van der Waals surface area (Å²) in [6, 6.07) is 11.5. The first-order chi connectivity index (χ1) is 9.32. The largest absolute Gasteiger partial charge is 0.219 e. The maximum absolute atomic E-state index is 12.7. The molecule has 5 heteroatoms. The highest BCUT2D eigenvalue weighted by Gasteiger charge is 2.22. The number of hydrogen-bond donors (Lipinski definition) is 0. The fourth-order valence-corrected chi connectivity index (χ4v) is 4.00. The Bertz CT molecular complexity index is 722. The molecular weight excluding hydrogens is 360 g/mol. The lowest BCUT2D eigenvalue weighted by Gasteiger charge is -2.14. The zero-order valence-electron chi connectivity index (χ0n) is 11.1. The van der Waals surface area contributed by atoms with Crippen molar-refractivity contribution in [3.63, 3.8) is 0 Å². The average Bonchev–Trinajstić information content (AvgIpc) is 2.38. The highest BCUT2D eigenvalue weighted by atomic mass is 79.9. The normalized spacial score (nSPS) is 11.8. The molecule has 20 heavy (non-hydrogen) atoms. The number of benzene rings is 2. The summed E-state index contributed by atoms with van der Waals surface area (Å²) in [7, 11) is -3.53. The summed E-state index contributed by atoms with van der Waals surface area (Å²) in [5.41, 5.74) is 0.736. The molecule has 0 aliphatic carbocycles. The molecular formula is C15H14BrClO2S. The second-order valence-electron chi connectivity index (χ2n) is 4.79. The SMILES string of the molecule is CC(C)c1cc(Cl)ccc1S(=O)(=O)c1ccc(Br)cc1. The minimum Gasteiger partial charge on any atom is -0.219 e. The van der Waals surface area contributed by atoms with Crippen LogP contribution in [-0.4, -0.2) is 8.42 Å². The molecule has 0 atom stereocenters. The van der Waals surface area contributed by atoms with Crippen molar-refractivity contribution in [1.82, 2.24) is 0 Å². The molecule has 0 spiro atoms. The van der Waals surface area contributed by atoms with E-state index in [4.69, 9.17) is 11.6 Å². The lowest BCUT2D eigenvalue weighted by atomic mass is 10.0. The second-order valence-corrected chi connectivity index (χ2v) is 8.06. The lowest BCUT2D eigenvalue weighted by Crippen LogP contribution is -2.06. The third kappa shape index (κ3) is 3.08. The first-order valence-electron chi connectivity index (χ1n) is 6.12. The van der Waals surface area contributed by atoms with Gasteiger partial charge in [-0.2, -0.15) is 0 Å². The van der Waals surface area contributed by atoms with E-state index in [0.717, 1.165) is 10.0 Å².